The van der Waals surface area contributed by atoms with E-state index in [9.17, 15) is 4.79 Å². The summed E-state index contributed by atoms with van der Waals surface area (Å²) in [5.74, 6) is -0.304. The molecule has 37 heavy (non-hydrogen) atoms. The molecular formula is C29H25Cl2N5O. The molecule has 0 saturated carbocycles. The van der Waals surface area contributed by atoms with Crippen molar-refractivity contribution in [3.05, 3.63) is 111 Å². The average Bonchev–Trinajstić information content (AvgIpc) is 3.51. The Morgan fingerprint density at radius 2 is 1.68 bits per heavy atom. The average molecular weight is 530 g/mol. The fraction of sp³-hybridized carbons (Fsp3) is 0.207. The van der Waals surface area contributed by atoms with Crippen molar-refractivity contribution in [1.82, 2.24) is 24.6 Å². The monoisotopic (exact) mass is 529 g/mol. The van der Waals surface area contributed by atoms with Crippen LogP contribution in [0.4, 0.5) is 0 Å². The van der Waals surface area contributed by atoms with Crippen LogP contribution in [0.5, 0.6) is 0 Å². The minimum absolute atomic E-state index is 0.255. The Morgan fingerprint density at radius 1 is 0.973 bits per heavy atom. The highest BCUT2D eigenvalue weighted by Crippen LogP contribution is 2.40. The number of nitrogens with one attached hydrogen (secondary N) is 1. The van der Waals surface area contributed by atoms with Gasteiger partial charge in [0.15, 0.2) is 0 Å². The van der Waals surface area contributed by atoms with Crippen LogP contribution >= 0.6 is 23.2 Å². The number of nitrogens with zero attached hydrogens (tertiary/aromatic N) is 4. The van der Waals surface area contributed by atoms with Gasteiger partial charge >= 0.3 is 0 Å². The smallest absolute Gasteiger partial charge is 0.255 e. The van der Waals surface area contributed by atoms with E-state index in [0.29, 0.717) is 12.2 Å². The zero-order valence-corrected chi connectivity index (χ0v) is 22.0. The minimum atomic E-state index is -0.631. The highest BCUT2D eigenvalue weighted by molar-refractivity contribution is 6.40. The van der Waals surface area contributed by atoms with Crippen LogP contribution in [0.3, 0.4) is 0 Å². The number of amides is 1. The summed E-state index contributed by atoms with van der Waals surface area (Å²) in [4.78, 5) is 13.8. The van der Waals surface area contributed by atoms with Gasteiger partial charge in [0.25, 0.3) is 5.91 Å². The largest absolute Gasteiger partial charge is 0.342 e. The zero-order chi connectivity index (χ0) is 25.7. The Labute approximate surface area is 224 Å². The Hall–Kier alpha value is -3.61. The molecule has 0 aliphatic carbocycles. The molecule has 186 valence electrons. The first-order valence-electron chi connectivity index (χ1n) is 12.2. The number of benzene rings is 3. The van der Waals surface area contributed by atoms with Crippen molar-refractivity contribution >= 4 is 40.0 Å². The van der Waals surface area contributed by atoms with Crippen molar-refractivity contribution in [3.63, 3.8) is 0 Å². The summed E-state index contributed by atoms with van der Waals surface area (Å²) in [6.45, 7) is 4.92. The van der Waals surface area contributed by atoms with Crippen LogP contribution < -0.4 is 5.32 Å². The summed E-state index contributed by atoms with van der Waals surface area (Å²) >= 11 is 13.3. The minimum Gasteiger partial charge on any atom is -0.342 e. The quantitative estimate of drug-likeness (QED) is 0.292. The number of aromatic nitrogens is 4. The second-order valence-electron chi connectivity index (χ2n) is 9.73. The predicted octanol–water partition coefficient (Wildman–Crippen LogP) is 6.42. The fourth-order valence-electron chi connectivity index (χ4n) is 5.58. The third-order valence-electron chi connectivity index (χ3n) is 7.47. The first-order chi connectivity index (χ1) is 17.9. The van der Waals surface area contributed by atoms with Crippen LogP contribution in [0.2, 0.25) is 10.0 Å². The maximum absolute atomic E-state index is 13.8. The molecule has 0 radical (unpaired) electrons. The topological polar surface area (TPSA) is 64.7 Å². The molecule has 0 saturated heterocycles. The van der Waals surface area contributed by atoms with Crippen LogP contribution in [0.25, 0.3) is 16.6 Å². The van der Waals surface area contributed by atoms with E-state index in [0.717, 1.165) is 18.4 Å². The van der Waals surface area contributed by atoms with E-state index in [1.807, 2.05) is 18.2 Å². The van der Waals surface area contributed by atoms with Crippen molar-refractivity contribution in [3.8, 4) is 5.69 Å². The molecular weight excluding hydrogens is 505 g/mol. The normalized spacial score (nSPS) is 17.1. The Bertz CT molecular complexity index is 1620. The van der Waals surface area contributed by atoms with E-state index in [1.54, 1.807) is 29.4 Å². The van der Waals surface area contributed by atoms with Gasteiger partial charge in [0, 0.05) is 16.6 Å². The van der Waals surface area contributed by atoms with Crippen molar-refractivity contribution in [2.45, 2.75) is 38.8 Å². The van der Waals surface area contributed by atoms with E-state index in [4.69, 9.17) is 23.2 Å². The first kappa shape index (κ1) is 23.8. The number of halogens is 2. The Balaban J connectivity index is 1.42. The summed E-state index contributed by atoms with van der Waals surface area (Å²) in [7, 11) is 0. The number of carbonyl (C=O) groups is 1. The highest BCUT2D eigenvalue weighted by Gasteiger charge is 2.40. The van der Waals surface area contributed by atoms with Crippen LogP contribution in [0.15, 0.2) is 73.3 Å². The molecule has 1 amide bonds. The standard InChI is InChI=1S/C29H25Cl2N5O/c1-18-8-9-26-22(12-18)19(2)25-10-11-29(15-36(25)26,20-6-4-3-5-7-20)34-28(37)27-23(30)13-21(14-24(27)31)35-16-32-33-17-35/h3-9,12-14,16-17H,10-11,15H2,1-2H3,(H,34,37)/t29-/m1/s1. The summed E-state index contributed by atoms with van der Waals surface area (Å²) in [5, 5.41) is 12.8. The molecule has 3 heterocycles. The summed E-state index contributed by atoms with van der Waals surface area (Å²) in [6.07, 6.45) is 4.70. The molecule has 6 rings (SSSR count). The number of fused-ring (bicyclic) bond motifs is 3. The van der Waals surface area contributed by atoms with Gasteiger partial charge in [-0.05, 0) is 62.1 Å². The fourth-order valence-corrected chi connectivity index (χ4v) is 6.23. The number of hydrogen-bond acceptors (Lipinski definition) is 3. The lowest BCUT2D eigenvalue weighted by Crippen LogP contribution is -2.51. The molecule has 1 N–H and O–H groups in total. The zero-order valence-electron chi connectivity index (χ0n) is 20.5. The lowest BCUT2D eigenvalue weighted by molar-refractivity contribution is 0.0868. The summed E-state index contributed by atoms with van der Waals surface area (Å²) in [5.41, 5.74) is 6.40. The lowest BCUT2D eigenvalue weighted by atomic mass is 9.81. The second kappa shape index (κ2) is 9.05. The van der Waals surface area contributed by atoms with Gasteiger partial charge < -0.3 is 9.88 Å². The molecule has 1 atom stereocenters. The van der Waals surface area contributed by atoms with Crippen molar-refractivity contribution < 1.29 is 4.79 Å². The Kier molecular flexibility index (Phi) is 5.81. The van der Waals surface area contributed by atoms with Crippen molar-refractivity contribution in [2.75, 3.05) is 0 Å². The second-order valence-corrected chi connectivity index (χ2v) is 10.5. The highest BCUT2D eigenvalue weighted by atomic mass is 35.5. The van der Waals surface area contributed by atoms with Gasteiger partial charge in [-0.15, -0.1) is 10.2 Å². The molecule has 0 unspecified atom stereocenters. The molecule has 2 aromatic heterocycles. The van der Waals surface area contributed by atoms with Gasteiger partial charge in [0.2, 0.25) is 0 Å². The van der Waals surface area contributed by atoms with Gasteiger partial charge in [-0.3, -0.25) is 9.36 Å². The Morgan fingerprint density at radius 3 is 2.38 bits per heavy atom. The molecule has 3 aromatic carbocycles. The first-order valence-corrected chi connectivity index (χ1v) is 12.9. The summed E-state index contributed by atoms with van der Waals surface area (Å²) in [6, 6.07) is 20.1. The lowest BCUT2D eigenvalue weighted by Gasteiger charge is -2.40. The third-order valence-corrected chi connectivity index (χ3v) is 8.07. The molecule has 0 spiro atoms. The number of aryl methyl sites for hydroxylation is 2. The van der Waals surface area contributed by atoms with Gasteiger partial charge in [0.05, 0.1) is 33.4 Å². The molecule has 0 bridgehead atoms. The molecule has 0 fully saturated rings. The van der Waals surface area contributed by atoms with Gasteiger partial charge in [-0.2, -0.15) is 0 Å². The molecule has 8 heteroatoms. The predicted molar refractivity (Wildman–Crippen MR) is 147 cm³/mol. The van der Waals surface area contributed by atoms with Crippen LogP contribution in [0, 0.1) is 13.8 Å². The maximum atomic E-state index is 13.8. The van der Waals surface area contributed by atoms with Gasteiger partial charge in [-0.25, -0.2) is 0 Å². The van der Waals surface area contributed by atoms with E-state index >= 15 is 0 Å². The molecule has 1 aliphatic rings. The SMILES string of the molecule is Cc1ccc2c(c1)c(C)c1n2C[C@@](NC(=O)c2c(Cl)cc(-n3cnnc3)cc2Cl)(c2ccccc2)CC1. The molecule has 5 aromatic rings. The molecule has 1 aliphatic heterocycles. The van der Waals surface area contributed by atoms with E-state index in [2.05, 4.69) is 64.3 Å². The number of rotatable bonds is 4. The van der Waals surface area contributed by atoms with Crippen LogP contribution in [0.1, 0.15) is 39.2 Å². The van der Waals surface area contributed by atoms with Crippen LogP contribution in [-0.2, 0) is 18.5 Å². The third kappa shape index (κ3) is 4.01. The number of carbonyl (C=O) groups excluding carboxylic acids is 1. The van der Waals surface area contributed by atoms with Crippen molar-refractivity contribution in [1.29, 1.82) is 0 Å². The number of hydrogen-bond donors (Lipinski definition) is 1. The van der Waals surface area contributed by atoms with Gasteiger partial charge in [0.1, 0.15) is 12.7 Å². The van der Waals surface area contributed by atoms with E-state index in [-0.39, 0.29) is 21.5 Å². The van der Waals surface area contributed by atoms with Gasteiger partial charge in [-0.1, -0.05) is 65.2 Å². The van der Waals surface area contributed by atoms with E-state index in [1.165, 1.54) is 27.7 Å². The maximum Gasteiger partial charge on any atom is 0.255 e. The molecule has 6 nitrogen and oxygen atoms in total. The van der Waals surface area contributed by atoms with Crippen molar-refractivity contribution in [2.24, 2.45) is 0 Å². The van der Waals surface area contributed by atoms with Crippen LogP contribution in [-0.4, -0.2) is 25.2 Å². The summed E-state index contributed by atoms with van der Waals surface area (Å²) < 4.78 is 4.05. The van der Waals surface area contributed by atoms with E-state index < -0.39 is 5.54 Å².